The van der Waals surface area contributed by atoms with Crippen molar-refractivity contribution in [3.8, 4) is 0 Å². The fourth-order valence-electron chi connectivity index (χ4n) is 1.79. The SMILES string of the molecule is CCn1nc(C)c(N)c1N1CC=CC1. The number of hydrogen-bond acceptors (Lipinski definition) is 3. The van der Waals surface area contributed by atoms with Gasteiger partial charge in [-0.3, -0.25) is 0 Å². The third kappa shape index (κ3) is 1.27. The second-order valence-electron chi connectivity index (χ2n) is 3.51. The van der Waals surface area contributed by atoms with E-state index in [2.05, 4.69) is 29.1 Å². The van der Waals surface area contributed by atoms with Crippen LogP contribution >= 0.6 is 0 Å². The molecule has 0 bridgehead atoms. The summed E-state index contributed by atoms with van der Waals surface area (Å²) in [5, 5.41) is 4.40. The fourth-order valence-corrected chi connectivity index (χ4v) is 1.79. The average Bonchev–Trinajstić information content (AvgIpc) is 2.76. The summed E-state index contributed by atoms with van der Waals surface area (Å²) in [6.45, 7) is 6.78. The van der Waals surface area contributed by atoms with Gasteiger partial charge in [-0.1, -0.05) is 12.2 Å². The molecule has 0 radical (unpaired) electrons. The Balaban J connectivity index is 2.39. The Morgan fingerprint density at radius 1 is 1.43 bits per heavy atom. The number of aryl methyl sites for hydroxylation is 2. The maximum atomic E-state index is 6.01. The van der Waals surface area contributed by atoms with E-state index in [0.29, 0.717) is 0 Å². The third-order valence-electron chi connectivity index (χ3n) is 2.56. The van der Waals surface area contributed by atoms with Crippen LogP contribution in [0.15, 0.2) is 12.2 Å². The molecule has 4 nitrogen and oxygen atoms in total. The standard InChI is InChI=1S/C10H16N4/c1-3-14-10(9(11)8(2)12-14)13-6-4-5-7-13/h4-5H,3,6-7,11H2,1-2H3. The van der Waals surface area contributed by atoms with Gasteiger partial charge in [-0.25, -0.2) is 4.68 Å². The Bertz CT molecular complexity index is 356. The Hall–Kier alpha value is -1.45. The second kappa shape index (κ2) is 3.36. The molecule has 0 aromatic carbocycles. The Kier molecular flexibility index (Phi) is 2.19. The van der Waals surface area contributed by atoms with Crippen LogP contribution in [0.4, 0.5) is 11.5 Å². The van der Waals surface area contributed by atoms with E-state index in [1.807, 2.05) is 11.6 Å². The van der Waals surface area contributed by atoms with Crippen molar-refractivity contribution < 1.29 is 0 Å². The molecule has 1 aliphatic heterocycles. The first-order valence-electron chi connectivity index (χ1n) is 4.97. The van der Waals surface area contributed by atoms with Crippen LogP contribution in [-0.4, -0.2) is 22.9 Å². The van der Waals surface area contributed by atoms with Gasteiger partial charge >= 0.3 is 0 Å². The van der Waals surface area contributed by atoms with E-state index in [4.69, 9.17) is 5.73 Å². The van der Waals surface area contributed by atoms with Crippen molar-refractivity contribution in [2.24, 2.45) is 0 Å². The minimum absolute atomic E-state index is 0.815. The van der Waals surface area contributed by atoms with Gasteiger partial charge in [0, 0.05) is 19.6 Å². The van der Waals surface area contributed by atoms with E-state index in [1.165, 1.54) is 0 Å². The minimum atomic E-state index is 0.815. The highest BCUT2D eigenvalue weighted by molar-refractivity contribution is 5.67. The van der Waals surface area contributed by atoms with Crippen LogP contribution < -0.4 is 10.6 Å². The van der Waals surface area contributed by atoms with Gasteiger partial charge in [0.25, 0.3) is 0 Å². The van der Waals surface area contributed by atoms with Crippen molar-refractivity contribution in [2.75, 3.05) is 23.7 Å². The lowest BCUT2D eigenvalue weighted by molar-refractivity contribution is 0.644. The van der Waals surface area contributed by atoms with Gasteiger partial charge in [0.15, 0.2) is 5.82 Å². The van der Waals surface area contributed by atoms with Gasteiger partial charge in [0.2, 0.25) is 0 Å². The first-order chi connectivity index (χ1) is 6.74. The number of nitrogens with zero attached hydrogens (tertiary/aromatic N) is 3. The maximum absolute atomic E-state index is 6.01. The van der Waals surface area contributed by atoms with Crippen LogP contribution in [0.3, 0.4) is 0 Å². The molecule has 2 heterocycles. The van der Waals surface area contributed by atoms with Crippen LogP contribution in [0.1, 0.15) is 12.6 Å². The highest BCUT2D eigenvalue weighted by atomic mass is 15.4. The predicted molar refractivity (Wildman–Crippen MR) is 58.4 cm³/mol. The van der Waals surface area contributed by atoms with Gasteiger partial charge in [-0.2, -0.15) is 5.10 Å². The third-order valence-corrected chi connectivity index (χ3v) is 2.56. The van der Waals surface area contributed by atoms with E-state index in [0.717, 1.165) is 36.8 Å². The van der Waals surface area contributed by atoms with Crippen LogP contribution in [0.5, 0.6) is 0 Å². The lowest BCUT2D eigenvalue weighted by Gasteiger charge is -2.19. The van der Waals surface area contributed by atoms with Crippen molar-refractivity contribution in [3.05, 3.63) is 17.8 Å². The normalized spacial score (nSPS) is 15.4. The van der Waals surface area contributed by atoms with Crippen molar-refractivity contribution in [3.63, 3.8) is 0 Å². The van der Waals surface area contributed by atoms with Crippen molar-refractivity contribution in [2.45, 2.75) is 20.4 Å². The molecule has 0 amide bonds. The molecule has 0 saturated carbocycles. The molecular formula is C10H16N4. The van der Waals surface area contributed by atoms with Crippen LogP contribution in [0.25, 0.3) is 0 Å². The molecule has 0 fully saturated rings. The highest BCUT2D eigenvalue weighted by Gasteiger charge is 2.18. The van der Waals surface area contributed by atoms with Crippen molar-refractivity contribution in [1.82, 2.24) is 9.78 Å². The predicted octanol–water partition coefficient (Wildman–Crippen LogP) is 1.17. The molecule has 1 aliphatic rings. The number of nitrogen functional groups attached to an aromatic ring is 1. The molecule has 0 unspecified atom stereocenters. The van der Waals surface area contributed by atoms with E-state index >= 15 is 0 Å². The summed E-state index contributed by atoms with van der Waals surface area (Å²) in [6, 6.07) is 0. The molecular weight excluding hydrogens is 176 g/mol. The Labute approximate surface area is 84.0 Å². The lowest BCUT2D eigenvalue weighted by atomic mass is 10.3. The molecule has 2 N–H and O–H groups in total. The molecule has 76 valence electrons. The molecule has 0 spiro atoms. The highest BCUT2D eigenvalue weighted by Crippen LogP contribution is 2.27. The summed E-state index contributed by atoms with van der Waals surface area (Å²) >= 11 is 0. The van der Waals surface area contributed by atoms with E-state index in [1.54, 1.807) is 0 Å². The van der Waals surface area contributed by atoms with E-state index in [-0.39, 0.29) is 0 Å². The van der Waals surface area contributed by atoms with Crippen molar-refractivity contribution in [1.29, 1.82) is 0 Å². The van der Waals surface area contributed by atoms with Crippen molar-refractivity contribution >= 4 is 11.5 Å². The summed E-state index contributed by atoms with van der Waals surface area (Å²) in [7, 11) is 0. The lowest BCUT2D eigenvalue weighted by Crippen LogP contribution is -2.23. The van der Waals surface area contributed by atoms with Gasteiger partial charge in [-0.05, 0) is 13.8 Å². The molecule has 4 heteroatoms. The van der Waals surface area contributed by atoms with Crippen LogP contribution in [-0.2, 0) is 6.54 Å². The summed E-state index contributed by atoms with van der Waals surface area (Å²) in [4.78, 5) is 2.23. The zero-order valence-electron chi connectivity index (χ0n) is 8.70. The zero-order chi connectivity index (χ0) is 10.1. The molecule has 2 rings (SSSR count). The molecule has 14 heavy (non-hydrogen) atoms. The quantitative estimate of drug-likeness (QED) is 0.715. The monoisotopic (exact) mass is 192 g/mol. The number of hydrogen-bond donors (Lipinski definition) is 1. The molecule has 0 aliphatic carbocycles. The van der Waals surface area contributed by atoms with Gasteiger partial charge < -0.3 is 10.6 Å². The number of nitrogens with two attached hydrogens (primary N) is 1. The second-order valence-corrected chi connectivity index (χ2v) is 3.51. The summed E-state index contributed by atoms with van der Waals surface area (Å²) in [5.41, 5.74) is 7.75. The van der Waals surface area contributed by atoms with E-state index in [9.17, 15) is 0 Å². The molecule has 0 saturated heterocycles. The summed E-state index contributed by atoms with van der Waals surface area (Å²) in [6.07, 6.45) is 4.31. The Morgan fingerprint density at radius 3 is 2.64 bits per heavy atom. The first kappa shape index (κ1) is 9.12. The molecule has 0 atom stereocenters. The summed E-state index contributed by atoms with van der Waals surface area (Å²) in [5.74, 6) is 1.06. The number of aromatic nitrogens is 2. The fraction of sp³-hybridized carbons (Fsp3) is 0.500. The maximum Gasteiger partial charge on any atom is 0.151 e. The zero-order valence-corrected chi connectivity index (χ0v) is 8.70. The molecule has 1 aromatic rings. The summed E-state index contributed by atoms with van der Waals surface area (Å²) < 4.78 is 1.97. The smallest absolute Gasteiger partial charge is 0.151 e. The number of rotatable bonds is 2. The molecule has 1 aromatic heterocycles. The first-order valence-corrected chi connectivity index (χ1v) is 4.97. The number of anilines is 2. The van der Waals surface area contributed by atoms with Gasteiger partial charge in [-0.15, -0.1) is 0 Å². The van der Waals surface area contributed by atoms with E-state index < -0.39 is 0 Å². The largest absolute Gasteiger partial charge is 0.394 e. The van der Waals surface area contributed by atoms with Crippen LogP contribution in [0, 0.1) is 6.92 Å². The van der Waals surface area contributed by atoms with Gasteiger partial charge in [0.1, 0.15) is 0 Å². The average molecular weight is 192 g/mol. The Morgan fingerprint density at radius 2 is 2.07 bits per heavy atom. The minimum Gasteiger partial charge on any atom is -0.394 e. The van der Waals surface area contributed by atoms with Crippen LogP contribution in [0.2, 0.25) is 0 Å². The van der Waals surface area contributed by atoms with Gasteiger partial charge in [0.05, 0.1) is 11.4 Å². The topological polar surface area (TPSA) is 47.1 Å².